The first-order chi connectivity index (χ1) is 11.7. The SMILES string of the molecule is Cc1cccc(N=Cc2ccc(C=Nc3cccc(C)c3)cc2)c1. The third kappa shape index (κ3) is 4.50. The molecule has 0 unspecified atom stereocenters. The number of aryl methyl sites for hydroxylation is 2. The zero-order chi connectivity index (χ0) is 16.8. The zero-order valence-electron chi connectivity index (χ0n) is 14.0. The summed E-state index contributed by atoms with van der Waals surface area (Å²) in [6.45, 7) is 4.14. The third-order valence-electron chi connectivity index (χ3n) is 3.67. The standard InChI is InChI=1S/C22H20N2/c1-17-5-3-7-21(13-17)23-15-19-9-11-20(12-10-19)16-24-22-8-4-6-18(2)14-22/h3-16H,1-2H3. The Hall–Kier alpha value is -3.00. The second kappa shape index (κ2) is 7.51. The molecular formula is C22H20N2. The van der Waals surface area contributed by atoms with Gasteiger partial charge in [0, 0.05) is 12.4 Å². The van der Waals surface area contributed by atoms with Crippen LogP contribution in [0, 0.1) is 13.8 Å². The van der Waals surface area contributed by atoms with Gasteiger partial charge in [-0.1, -0.05) is 48.5 Å². The second-order valence-electron chi connectivity index (χ2n) is 5.86. The third-order valence-corrected chi connectivity index (χ3v) is 3.67. The fourth-order valence-electron chi connectivity index (χ4n) is 2.38. The molecule has 0 aromatic heterocycles. The van der Waals surface area contributed by atoms with E-state index >= 15 is 0 Å². The molecule has 3 aromatic rings. The number of nitrogens with zero attached hydrogens (tertiary/aromatic N) is 2. The van der Waals surface area contributed by atoms with Crippen LogP contribution in [0.3, 0.4) is 0 Å². The van der Waals surface area contributed by atoms with E-state index in [2.05, 4.69) is 72.4 Å². The molecular weight excluding hydrogens is 292 g/mol. The predicted octanol–water partition coefficient (Wildman–Crippen LogP) is 5.80. The molecule has 0 bridgehead atoms. The smallest absolute Gasteiger partial charge is 0.0632 e. The molecule has 0 aliphatic rings. The van der Waals surface area contributed by atoms with Gasteiger partial charge in [0.2, 0.25) is 0 Å². The summed E-state index contributed by atoms with van der Waals surface area (Å²) < 4.78 is 0. The molecule has 2 nitrogen and oxygen atoms in total. The van der Waals surface area contributed by atoms with E-state index in [1.165, 1.54) is 11.1 Å². The van der Waals surface area contributed by atoms with Gasteiger partial charge in [0.25, 0.3) is 0 Å². The summed E-state index contributed by atoms with van der Waals surface area (Å²) >= 11 is 0. The van der Waals surface area contributed by atoms with Crippen molar-refractivity contribution in [2.45, 2.75) is 13.8 Å². The van der Waals surface area contributed by atoms with Crippen molar-refractivity contribution in [1.29, 1.82) is 0 Å². The minimum absolute atomic E-state index is 0.972. The minimum Gasteiger partial charge on any atom is -0.256 e. The van der Waals surface area contributed by atoms with Crippen molar-refractivity contribution in [3.05, 3.63) is 95.1 Å². The summed E-state index contributed by atoms with van der Waals surface area (Å²) in [4.78, 5) is 9.02. The summed E-state index contributed by atoms with van der Waals surface area (Å²) in [6.07, 6.45) is 3.77. The van der Waals surface area contributed by atoms with Crippen molar-refractivity contribution in [3.8, 4) is 0 Å². The van der Waals surface area contributed by atoms with Crippen molar-refractivity contribution in [3.63, 3.8) is 0 Å². The van der Waals surface area contributed by atoms with Crippen molar-refractivity contribution in [1.82, 2.24) is 0 Å². The first-order valence-electron chi connectivity index (χ1n) is 8.01. The van der Waals surface area contributed by atoms with Crippen molar-refractivity contribution >= 4 is 23.8 Å². The highest BCUT2D eigenvalue weighted by Gasteiger charge is 1.93. The zero-order valence-corrected chi connectivity index (χ0v) is 14.0. The summed E-state index contributed by atoms with van der Waals surface area (Å²) in [6, 6.07) is 24.5. The Bertz CT molecular complexity index is 800. The topological polar surface area (TPSA) is 24.7 Å². The number of hydrogen-bond donors (Lipinski definition) is 0. The highest BCUT2D eigenvalue weighted by atomic mass is 14.7. The average molecular weight is 312 g/mol. The lowest BCUT2D eigenvalue weighted by Crippen LogP contribution is -1.84. The molecule has 0 N–H and O–H groups in total. The van der Waals surface area contributed by atoms with Crippen LogP contribution in [0.4, 0.5) is 11.4 Å². The van der Waals surface area contributed by atoms with E-state index in [-0.39, 0.29) is 0 Å². The Morgan fingerprint density at radius 3 is 1.38 bits per heavy atom. The predicted molar refractivity (Wildman–Crippen MR) is 103 cm³/mol. The Morgan fingerprint density at radius 2 is 1.00 bits per heavy atom. The van der Waals surface area contributed by atoms with Gasteiger partial charge in [-0.05, 0) is 60.4 Å². The van der Waals surface area contributed by atoms with E-state index < -0.39 is 0 Å². The molecule has 0 spiro atoms. The van der Waals surface area contributed by atoms with Gasteiger partial charge in [-0.15, -0.1) is 0 Å². The molecule has 24 heavy (non-hydrogen) atoms. The molecule has 0 fully saturated rings. The molecule has 2 heteroatoms. The van der Waals surface area contributed by atoms with E-state index in [0.29, 0.717) is 0 Å². The van der Waals surface area contributed by atoms with Crippen molar-refractivity contribution in [2.75, 3.05) is 0 Å². The van der Waals surface area contributed by atoms with E-state index in [1.807, 2.05) is 36.7 Å². The summed E-state index contributed by atoms with van der Waals surface area (Å²) in [5, 5.41) is 0. The quantitative estimate of drug-likeness (QED) is 0.544. The molecule has 0 saturated carbocycles. The first kappa shape index (κ1) is 15.9. The van der Waals surface area contributed by atoms with Gasteiger partial charge in [0.05, 0.1) is 11.4 Å². The summed E-state index contributed by atoms with van der Waals surface area (Å²) in [7, 11) is 0. The van der Waals surface area contributed by atoms with Crippen LogP contribution in [0.25, 0.3) is 0 Å². The van der Waals surface area contributed by atoms with Gasteiger partial charge in [-0.3, -0.25) is 9.98 Å². The molecule has 3 rings (SSSR count). The number of hydrogen-bond acceptors (Lipinski definition) is 2. The Labute approximate surface area is 143 Å². The monoisotopic (exact) mass is 312 g/mol. The maximum absolute atomic E-state index is 4.51. The number of rotatable bonds is 4. The van der Waals surface area contributed by atoms with E-state index in [0.717, 1.165) is 22.5 Å². The number of aliphatic imine (C=N–C) groups is 2. The molecule has 118 valence electrons. The van der Waals surface area contributed by atoms with Gasteiger partial charge in [0.1, 0.15) is 0 Å². The van der Waals surface area contributed by atoms with Gasteiger partial charge >= 0.3 is 0 Å². The maximum atomic E-state index is 4.51. The molecule has 0 amide bonds. The fraction of sp³-hybridized carbons (Fsp3) is 0.0909. The van der Waals surface area contributed by atoms with E-state index in [9.17, 15) is 0 Å². The van der Waals surface area contributed by atoms with Gasteiger partial charge in [-0.2, -0.15) is 0 Å². The first-order valence-corrected chi connectivity index (χ1v) is 8.01. The fourth-order valence-corrected chi connectivity index (χ4v) is 2.38. The Kier molecular flexibility index (Phi) is 4.97. The highest BCUT2D eigenvalue weighted by Crippen LogP contribution is 2.15. The minimum atomic E-state index is 0.972. The normalized spacial score (nSPS) is 11.4. The molecule has 0 heterocycles. The Balaban J connectivity index is 1.69. The molecule has 3 aromatic carbocycles. The Morgan fingerprint density at radius 1 is 0.583 bits per heavy atom. The van der Waals surface area contributed by atoms with Crippen molar-refractivity contribution in [2.24, 2.45) is 9.98 Å². The molecule has 0 aliphatic heterocycles. The maximum Gasteiger partial charge on any atom is 0.0632 e. The molecule has 0 atom stereocenters. The van der Waals surface area contributed by atoms with Gasteiger partial charge in [-0.25, -0.2) is 0 Å². The largest absolute Gasteiger partial charge is 0.256 e. The van der Waals surface area contributed by atoms with Crippen LogP contribution in [-0.4, -0.2) is 12.4 Å². The van der Waals surface area contributed by atoms with E-state index in [4.69, 9.17) is 0 Å². The van der Waals surface area contributed by atoms with Crippen LogP contribution >= 0.6 is 0 Å². The second-order valence-corrected chi connectivity index (χ2v) is 5.86. The molecule has 0 radical (unpaired) electrons. The van der Waals surface area contributed by atoms with Crippen LogP contribution in [0.1, 0.15) is 22.3 Å². The van der Waals surface area contributed by atoms with Crippen LogP contribution in [0.15, 0.2) is 82.8 Å². The lowest BCUT2D eigenvalue weighted by Gasteiger charge is -1.98. The number of benzene rings is 3. The van der Waals surface area contributed by atoms with Crippen LogP contribution in [-0.2, 0) is 0 Å². The summed E-state index contributed by atoms with van der Waals surface area (Å²) in [5.41, 5.74) is 6.52. The highest BCUT2D eigenvalue weighted by molar-refractivity contribution is 5.86. The lowest BCUT2D eigenvalue weighted by atomic mass is 10.1. The molecule has 0 aliphatic carbocycles. The van der Waals surface area contributed by atoms with Gasteiger partial charge in [0.15, 0.2) is 0 Å². The molecule has 0 saturated heterocycles. The van der Waals surface area contributed by atoms with Crippen LogP contribution < -0.4 is 0 Å². The van der Waals surface area contributed by atoms with Crippen molar-refractivity contribution < 1.29 is 0 Å². The van der Waals surface area contributed by atoms with Crippen LogP contribution in [0.2, 0.25) is 0 Å². The summed E-state index contributed by atoms with van der Waals surface area (Å²) in [5.74, 6) is 0. The van der Waals surface area contributed by atoms with Gasteiger partial charge < -0.3 is 0 Å². The van der Waals surface area contributed by atoms with E-state index in [1.54, 1.807) is 0 Å². The van der Waals surface area contributed by atoms with Crippen LogP contribution in [0.5, 0.6) is 0 Å². The lowest BCUT2D eigenvalue weighted by molar-refractivity contribution is 1.43. The average Bonchev–Trinajstić information content (AvgIpc) is 2.59.